The van der Waals surface area contributed by atoms with Crippen LogP contribution in [0.4, 0.5) is 0 Å². The van der Waals surface area contributed by atoms with E-state index in [1.807, 2.05) is 30.3 Å². The maximum Gasteiger partial charge on any atom is 0.258 e. The van der Waals surface area contributed by atoms with E-state index in [1.54, 1.807) is 29.2 Å². The smallest absolute Gasteiger partial charge is 0.258 e. The largest absolute Gasteiger partial charge is 0.484 e. The van der Waals surface area contributed by atoms with Crippen LogP contribution in [0.15, 0.2) is 54.6 Å². The lowest BCUT2D eigenvalue weighted by molar-refractivity contribution is -0.129. The quantitative estimate of drug-likeness (QED) is 0.734. The summed E-state index contributed by atoms with van der Waals surface area (Å²) in [5.41, 5.74) is 1.18. The normalized spacial score (nSPS) is 10.2. The molecule has 26 heavy (non-hydrogen) atoms. The van der Waals surface area contributed by atoms with E-state index in [2.05, 4.69) is 5.32 Å². The third kappa shape index (κ3) is 7.15. The molecule has 2 aromatic carbocycles. The number of ether oxygens (including phenoxy) is 1. The van der Waals surface area contributed by atoms with E-state index in [9.17, 15) is 9.59 Å². The molecule has 1 N–H and O–H groups in total. The number of halogens is 1. The molecular weight excluding hydrogens is 352 g/mol. The summed E-state index contributed by atoms with van der Waals surface area (Å²) in [7, 11) is 0. The highest BCUT2D eigenvalue weighted by molar-refractivity contribution is 6.30. The summed E-state index contributed by atoms with van der Waals surface area (Å²) in [5, 5.41) is 3.38. The second-order valence-corrected chi connectivity index (χ2v) is 6.27. The summed E-state index contributed by atoms with van der Waals surface area (Å²) in [6, 6.07) is 16.8. The lowest BCUT2D eigenvalue weighted by Gasteiger charge is -2.21. The molecule has 5 nitrogen and oxygen atoms in total. The second-order valence-electron chi connectivity index (χ2n) is 5.83. The maximum atomic E-state index is 11.8. The molecule has 0 aliphatic rings. The van der Waals surface area contributed by atoms with Crippen molar-refractivity contribution in [2.45, 2.75) is 13.3 Å². The summed E-state index contributed by atoms with van der Waals surface area (Å²) in [4.78, 5) is 25.3. The lowest BCUT2D eigenvalue weighted by atomic mass is 10.1. The van der Waals surface area contributed by atoms with Crippen LogP contribution in [0.3, 0.4) is 0 Å². The molecule has 0 spiro atoms. The van der Waals surface area contributed by atoms with Crippen molar-refractivity contribution in [2.75, 3.05) is 26.2 Å². The van der Waals surface area contributed by atoms with Crippen LogP contribution in [0.1, 0.15) is 12.5 Å². The standard InChI is InChI=1S/C20H23ClN2O3/c1-16(24)23(13-11-17-5-3-2-4-6-17)14-12-22-20(25)15-26-19-9-7-18(21)8-10-19/h2-10H,11-15H2,1H3,(H,22,25). The molecule has 0 heterocycles. The summed E-state index contributed by atoms with van der Waals surface area (Å²) >= 11 is 5.80. The van der Waals surface area contributed by atoms with Gasteiger partial charge in [0.1, 0.15) is 5.75 Å². The Morgan fingerprint density at radius 3 is 2.38 bits per heavy atom. The van der Waals surface area contributed by atoms with Gasteiger partial charge in [-0.2, -0.15) is 0 Å². The molecule has 0 bridgehead atoms. The third-order valence-corrected chi connectivity index (χ3v) is 4.10. The number of hydrogen-bond donors (Lipinski definition) is 1. The Labute approximate surface area is 158 Å². The first kappa shape index (κ1) is 19.8. The molecule has 2 aromatic rings. The van der Waals surface area contributed by atoms with Gasteiger partial charge in [-0.05, 0) is 36.2 Å². The van der Waals surface area contributed by atoms with Gasteiger partial charge >= 0.3 is 0 Å². The molecule has 0 fully saturated rings. The fraction of sp³-hybridized carbons (Fsp3) is 0.300. The van der Waals surface area contributed by atoms with Crippen LogP contribution in [0.25, 0.3) is 0 Å². The Morgan fingerprint density at radius 2 is 1.73 bits per heavy atom. The Bertz CT molecular complexity index is 705. The average molecular weight is 375 g/mol. The minimum Gasteiger partial charge on any atom is -0.484 e. The fourth-order valence-electron chi connectivity index (χ4n) is 2.40. The zero-order chi connectivity index (χ0) is 18.8. The second kappa shape index (κ2) is 10.5. The topological polar surface area (TPSA) is 58.6 Å². The van der Waals surface area contributed by atoms with Gasteiger partial charge in [0.05, 0.1) is 0 Å². The van der Waals surface area contributed by atoms with E-state index in [4.69, 9.17) is 16.3 Å². The van der Waals surface area contributed by atoms with E-state index >= 15 is 0 Å². The van der Waals surface area contributed by atoms with Gasteiger partial charge in [-0.15, -0.1) is 0 Å². The van der Waals surface area contributed by atoms with Crippen molar-refractivity contribution >= 4 is 23.4 Å². The molecule has 138 valence electrons. The van der Waals surface area contributed by atoms with Gasteiger partial charge in [0.2, 0.25) is 5.91 Å². The van der Waals surface area contributed by atoms with Gasteiger partial charge < -0.3 is 15.0 Å². The summed E-state index contributed by atoms with van der Waals surface area (Å²) in [6.07, 6.45) is 0.786. The first-order valence-electron chi connectivity index (χ1n) is 8.49. The van der Waals surface area contributed by atoms with Crippen molar-refractivity contribution in [3.8, 4) is 5.75 Å². The number of nitrogens with zero attached hydrogens (tertiary/aromatic N) is 1. The molecule has 0 radical (unpaired) electrons. The molecule has 0 saturated heterocycles. The zero-order valence-corrected chi connectivity index (χ0v) is 15.5. The van der Waals surface area contributed by atoms with E-state index in [-0.39, 0.29) is 18.4 Å². The van der Waals surface area contributed by atoms with E-state index < -0.39 is 0 Å². The minimum atomic E-state index is -0.230. The van der Waals surface area contributed by atoms with Gasteiger partial charge in [-0.1, -0.05) is 41.9 Å². The highest BCUT2D eigenvalue weighted by Gasteiger charge is 2.09. The first-order valence-corrected chi connectivity index (χ1v) is 8.87. The third-order valence-electron chi connectivity index (χ3n) is 3.85. The van der Waals surface area contributed by atoms with Gasteiger partial charge in [0.25, 0.3) is 5.91 Å². The van der Waals surface area contributed by atoms with Crippen molar-refractivity contribution in [2.24, 2.45) is 0 Å². The van der Waals surface area contributed by atoms with Crippen LogP contribution < -0.4 is 10.1 Å². The molecule has 0 aliphatic carbocycles. The Morgan fingerprint density at radius 1 is 1.04 bits per heavy atom. The van der Waals surface area contributed by atoms with Crippen molar-refractivity contribution in [1.82, 2.24) is 10.2 Å². The molecule has 0 aromatic heterocycles. The number of benzene rings is 2. The Hall–Kier alpha value is -2.53. The van der Waals surface area contributed by atoms with Gasteiger partial charge in [-0.25, -0.2) is 0 Å². The van der Waals surface area contributed by atoms with Crippen molar-refractivity contribution in [3.63, 3.8) is 0 Å². The zero-order valence-electron chi connectivity index (χ0n) is 14.8. The molecule has 0 atom stereocenters. The molecule has 2 amide bonds. The van der Waals surface area contributed by atoms with Gasteiger partial charge in [-0.3, -0.25) is 9.59 Å². The van der Waals surface area contributed by atoms with Crippen LogP contribution >= 0.6 is 11.6 Å². The summed E-state index contributed by atoms with van der Waals surface area (Å²) < 4.78 is 5.38. The summed E-state index contributed by atoms with van der Waals surface area (Å²) in [5.74, 6) is 0.344. The Balaban J connectivity index is 1.68. The van der Waals surface area contributed by atoms with E-state index in [1.165, 1.54) is 12.5 Å². The minimum absolute atomic E-state index is 0.00686. The highest BCUT2D eigenvalue weighted by atomic mass is 35.5. The van der Waals surface area contributed by atoms with E-state index in [0.29, 0.717) is 30.4 Å². The number of carbonyl (C=O) groups is 2. The number of nitrogens with one attached hydrogen (secondary N) is 1. The van der Waals surface area contributed by atoms with Crippen LogP contribution in [0, 0.1) is 0 Å². The summed E-state index contributed by atoms with van der Waals surface area (Å²) in [6.45, 7) is 2.94. The van der Waals surface area contributed by atoms with Crippen molar-refractivity contribution in [3.05, 3.63) is 65.2 Å². The lowest BCUT2D eigenvalue weighted by Crippen LogP contribution is -2.39. The SMILES string of the molecule is CC(=O)N(CCNC(=O)COc1ccc(Cl)cc1)CCc1ccccc1. The number of amides is 2. The van der Waals surface area contributed by atoms with Crippen LogP contribution in [-0.2, 0) is 16.0 Å². The molecule has 2 rings (SSSR count). The maximum absolute atomic E-state index is 11.8. The highest BCUT2D eigenvalue weighted by Crippen LogP contribution is 2.15. The predicted molar refractivity (Wildman–Crippen MR) is 102 cm³/mol. The number of carbonyl (C=O) groups excluding carboxylic acids is 2. The predicted octanol–water partition coefficient (Wildman–Crippen LogP) is 2.93. The number of hydrogen-bond acceptors (Lipinski definition) is 3. The molecule has 6 heteroatoms. The monoisotopic (exact) mass is 374 g/mol. The molecule has 0 aliphatic heterocycles. The first-order chi connectivity index (χ1) is 12.5. The van der Waals surface area contributed by atoms with Gasteiger partial charge in [0.15, 0.2) is 6.61 Å². The van der Waals surface area contributed by atoms with Crippen LogP contribution in [0.2, 0.25) is 5.02 Å². The number of rotatable bonds is 9. The average Bonchev–Trinajstić information content (AvgIpc) is 2.64. The van der Waals surface area contributed by atoms with Crippen LogP contribution in [0.5, 0.6) is 5.75 Å². The van der Waals surface area contributed by atoms with Crippen LogP contribution in [-0.4, -0.2) is 43.0 Å². The van der Waals surface area contributed by atoms with Crippen molar-refractivity contribution < 1.29 is 14.3 Å². The van der Waals surface area contributed by atoms with E-state index in [0.717, 1.165) is 6.42 Å². The molecule has 0 saturated carbocycles. The Kier molecular flexibility index (Phi) is 7.96. The van der Waals surface area contributed by atoms with Gasteiger partial charge in [0, 0.05) is 31.6 Å². The fourth-order valence-corrected chi connectivity index (χ4v) is 2.52. The van der Waals surface area contributed by atoms with Crippen molar-refractivity contribution in [1.29, 1.82) is 0 Å². The molecule has 0 unspecified atom stereocenters. The molecular formula is C20H23ClN2O3.